The smallest absolute Gasteiger partial charge is 0.323 e. The van der Waals surface area contributed by atoms with Crippen LogP contribution in [0.1, 0.15) is 27.2 Å². The molecule has 0 spiro atoms. The van der Waals surface area contributed by atoms with E-state index in [4.69, 9.17) is 0 Å². The summed E-state index contributed by atoms with van der Waals surface area (Å²) in [4.78, 5) is 11.3. The summed E-state index contributed by atoms with van der Waals surface area (Å²) in [5.74, 6) is -0.826. The lowest BCUT2D eigenvalue weighted by atomic mass is 9.97. The number of nitrogens with one attached hydrogen (secondary N) is 1. The van der Waals surface area contributed by atoms with Crippen molar-refractivity contribution in [2.75, 3.05) is 0 Å². The summed E-state index contributed by atoms with van der Waals surface area (Å²) in [5, 5.41) is 16.5. The summed E-state index contributed by atoms with van der Waals surface area (Å²) in [6.45, 7) is 6.19. The third-order valence-electron chi connectivity index (χ3n) is 2.52. The topological polar surface area (TPSA) is 67.2 Å². The van der Waals surface area contributed by atoms with Crippen LogP contribution in [0, 0.1) is 3.57 Å². The number of hydrogen-bond acceptors (Lipinski definition) is 3. The Bertz CT molecular complexity index is 392. The molecule has 1 aromatic heterocycles. The fourth-order valence-electron chi connectivity index (χ4n) is 1.68. The van der Waals surface area contributed by atoms with Gasteiger partial charge in [-0.1, -0.05) is 0 Å². The van der Waals surface area contributed by atoms with Gasteiger partial charge in [-0.15, -0.1) is 0 Å². The zero-order valence-corrected chi connectivity index (χ0v) is 12.4. The highest BCUT2D eigenvalue weighted by atomic mass is 127. The summed E-state index contributed by atoms with van der Waals surface area (Å²) in [6, 6.07) is 0.133. The number of aliphatic carboxylic acids is 1. The molecule has 0 radical (unpaired) electrons. The van der Waals surface area contributed by atoms with Crippen LogP contribution in [-0.2, 0) is 11.3 Å². The van der Waals surface area contributed by atoms with Gasteiger partial charge in [0.25, 0.3) is 0 Å². The second-order valence-electron chi connectivity index (χ2n) is 4.61. The van der Waals surface area contributed by atoms with Gasteiger partial charge < -0.3 is 5.11 Å². The molecule has 0 saturated heterocycles. The number of carboxylic acids is 1. The fraction of sp³-hybridized carbons (Fsp3) is 0.636. The average molecular weight is 351 g/mol. The molecule has 0 saturated carbocycles. The van der Waals surface area contributed by atoms with E-state index in [2.05, 4.69) is 33.0 Å². The number of hydrogen-bond donors (Lipinski definition) is 2. The molecule has 1 aromatic rings. The van der Waals surface area contributed by atoms with Crippen LogP contribution >= 0.6 is 22.6 Å². The van der Waals surface area contributed by atoms with E-state index in [0.29, 0.717) is 13.0 Å². The molecule has 1 heterocycles. The average Bonchev–Trinajstić information content (AvgIpc) is 2.60. The standard InChI is InChI=1S/C11H18IN3O2/c1-8(2)14-11(3,10(16)17)4-5-15-7-9(12)6-13-15/h6-8,14H,4-5H2,1-3H3,(H,16,17). The summed E-state index contributed by atoms with van der Waals surface area (Å²) < 4.78 is 2.82. The van der Waals surface area contributed by atoms with Crippen LogP contribution in [0.3, 0.4) is 0 Å². The Labute approximate surface area is 115 Å². The van der Waals surface area contributed by atoms with E-state index in [-0.39, 0.29) is 6.04 Å². The molecule has 1 atom stereocenters. The normalized spacial score (nSPS) is 14.9. The number of carboxylic acid groups (broad SMARTS) is 1. The second-order valence-corrected chi connectivity index (χ2v) is 5.85. The number of carbonyl (C=O) groups is 1. The molecule has 6 heteroatoms. The van der Waals surface area contributed by atoms with E-state index in [1.165, 1.54) is 0 Å². The van der Waals surface area contributed by atoms with E-state index < -0.39 is 11.5 Å². The van der Waals surface area contributed by atoms with Crippen molar-refractivity contribution < 1.29 is 9.90 Å². The van der Waals surface area contributed by atoms with Gasteiger partial charge in [0.2, 0.25) is 0 Å². The highest BCUT2D eigenvalue weighted by Gasteiger charge is 2.33. The van der Waals surface area contributed by atoms with Crippen molar-refractivity contribution >= 4 is 28.6 Å². The molecule has 1 unspecified atom stereocenters. The summed E-state index contributed by atoms with van der Waals surface area (Å²) in [5.41, 5.74) is -0.911. The molecule has 0 bridgehead atoms. The van der Waals surface area contributed by atoms with Crippen molar-refractivity contribution in [2.24, 2.45) is 0 Å². The maximum Gasteiger partial charge on any atom is 0.323 e. The first-order valence-electron chi connectivity index (χ1n) is 5.52. The monoisotopic (exact) mass is 351 g/mol. The van der Waals surface area contributed by atoms with Crippen molar-refractivity contribution in [3.8, 4) is 0 Å². The minimum absolute atomic E-state index is 0.133. The lowest BCUT2D eigenvalue weighted by Crippen LogP contribution is -2.52. The quantitative estimate of drug-likeness (QED) is 0.766. The maximum absolute atomic E-state index is 11.3. The number of rotatable bonds is 6. The second kappa shape index (κ2) is 5.81. The predicted molar refractivity (Wildman–Crippen MR) is 73.9 cm³/mol. The van der Waals surface area contributed by atoms with Crippen molar-refractivity contribution in [2.45, 2.75) is 45.3 Å². The molecule has 0 aliphatic carbocycles. The van der Waals surface area contributed by atoms with Crippen LogP contribution in [-0.4, -0.2) is 32.4 Å². The summed E-state index contributed by atoms with van der Waals surface area (Å²) >= 11 is 2.18. The van der Waals surface area contributed by atoms with Gasteiger partial charge in [0, 0.05) is 18.8 Å². The van der Waals surface area contributed by atoms with Crippen molar-refractivity contribution in [1.82, 2.24) is 15.1 Å². The summed E-state index contributed by atoms with van der Waals surface area (Å²) in [7, 11) is 0. The molecule has 0 aliphatic rings. The molecule has 0 aliphatic heterocycles. The van der Waals surface area contributed by atoms with Gasteiger partial charge in [0.05, 0.1) is 9.77 Å². The molecule has 1 rings (SSSR count). The number of aryl methyl sites for hydroxylation is 1. The zero-order valence-electron chi connectivity index (χ0n) is 10.3. The summed E-state index contributed by atoms with van der Waals surface area (Å²) in [6.07, 6.45) is 4.16. The highest BCUT2D eigenvalue weighted by molar-refractivity contribution is 14.1. The molecule has 96 valence electrons. The van der Waals surface area contributed by atoms with Gasteiger partial charge in [-0.05, 0) is 49.8 Å². The lowest BCUT2D eigenvalue weighted by Gasteiger charge is -2.28. The largest absolute Gasteiger partial charge is 0.480 e. The van der Waals surface area contributed by atoms with Crippen LogP contribution < -0.4 is 5.32 Å². The fourth-order valence-corrected chi connectivity index (χ4v) is 2.12. The SMILES string of the molecule is CC(C)NC(C)(CCn1cc(I)cn1)C(=O)O. The molecule has 2 N–H and O–H groups in total. The Kier molecular flexibility index (Phi) is 4.93. The first-order chi connectivity index (χ1) is 7.83. The Hall–Kier alpha value is -0.630. The number of nitrogens with zero attached hydrogens (tertiary/aromatic N) is 2. The van der Waals surface area contributed by atoms with Gasteiger partial charge >= 0.3 is 5.97 Å². The van der Waals surface area contributed by atoms with Gasteiger partial charge in [0.15, 0.2) is 0 Å². The van der Waals surface area contributed by atoms with Crippen LogP contribution in [0.25, 0.3) is 0 Å². The zero-order chi connectivity index (χ0) is 13.1. The van der Waals surface area contributed by atoms with E-state index in [9.17, 15) is 9.90 Å². The molecular formula is C11H18IN3O2. The molecule has 17 heavy (non-hydrogen) atoms. The van der Waals surface area contributed by atoms with Crippen LogP contribution in [0.4, 0.5) is 0 Å². The molecule has 5 nitrogen and oxygen atoms in total. The van der Waals surface area contributed by atoms with Crippen molar-refractivity contribution in [3.05, 3.63) is 16.0 Å². The van der Waals surface area contributed by atoms with Gasteiger partial charge in [0.1, 0.15) is 5.54 Å². The van der Waals surface area contributed by atoms with Gasteiger partial charge in [-0.3, -0.25) is 14.8 Å². The maximum atomic E-state index is 11.3. The van der Waals surface area contributed by atoms with E-state index in [1.54, 1.807) is 17.8 Å². The van der Waals surface area contributed by atoms with Crippen LogP contribution in [0.5, 0.6) is 0 Å². The van der Waals surface area contributed by atoms with Crippen molar-refractivity contribution in [3.63, 3.8) is 0 Å². The highest BCUT2D eigenvalue weighted by Crippen LogP contribution is 2.13. The van der Waals surface area contributed by atoms with Gasteiger partial charge in [-0.2, -0.15) is 5.10 Å². The Balaban J connectivity index is 2.64. The minimum Gasteiger partial charge on any atom is -0.480 e. The molecule has 0 fully saturated rings. The number of aromatic nitrogens is 2. The minimum atomic E-state index is -0.911. The third-order valence-corrected chi connectivity index (χ3v) is 3.08. The van der Waals surface area contributed by atoms with E-state index in [0.717, 1.165) is 3.57 Å². The molecule has 0 amide bonds. The first-order valence-corrected chi connectivity index (χ1v) is 6.60. The third kappa shape index (κ3) is 4.27. The Morgan fingerprint density at radius 1 is 1.71 bits per heavy atom. The van der Waals surface area contributed by atoms with Crippen LogP contribution in [0.15, 0.2) is 12.4 Å². The van der Waals surface area contributed by atoms with Gasteiger partial charge in [-0.25, -0.2) is 0 Å². The van der Waals surface area contributed by atoms with Crippen LogP contribution in [0.2, 0.25) is 0 Å². The van der Waals surface area contributed by atoms with Crippen molar-refractivity contribution in [1.29, 1.82) is 0 Å². The lowest BCUT2D eigenvalue weighted by molar-refractivity contribution is -0.144. The predicted octanol–water partition coefficient (Wildman–Crippen LogP) is 1.72. The number of halogens is 1. The molecule has 0 aromatic carbocycles. The van der Waals surface area contributed by atoms with E-state index >= 15 is 0 Å². The van der Waals surface area contributed by atoms with E-state index in [1.807, 2.05) is 20.0 Å². The first kappa shape index (κ1) is 14.4. The molecular weight excluding hydrogens is 333 g/mol. The Morgan fingerprint density at radius 3 is 2.76 bits per heavy atom. The Morgan fingerprint density at radius 2 is 2.35 bits per heavy atom.